The Morgan fingerprint density at radius 3 is 2.53 bits per heavy atom. The molecule has 6 heteroatoms. The molecule has 1 saturated carbocycles. The van der Waals surface area contributed by atoms with Crippen molar-refractivity contribution in [1.29, 1.82) is 0 Å². The number of aliphatic imine (C=N–C) groups is 1. The van der Waals surface area contributed by atoms with Gasteiger partial charge in [0.05, 0.1) is 11.5 Å². The molecular formula is C26H29FN2O2S. The van der Waals surface area contributed by atoms with Gasteiger partial charge in [-0.15, -0.1) is 0 Å². The lowest BCUT2D eigenvalue weighted by atomic mass is 9.94. The van der Waals surface area contributed by atoms with Gasteiger partial charge >= 0.3 is 0 Å². The summed E-state index contributed by atoms with van der Waals surface area (Å²) in [7, 11) is 0. The van der Waals surface area contributed by atoms with Crippen LogP contribution in [0.5, 0.6) is 5.75 Å². The normalized spacial score (nSPS) is 20.0. The maximum Gasteiger partial charge on any atom is 0.267 e. The first-order valence-electron chi connectivity index (χ1n) is 11.3. The van der Waals surface area contributed by atoms with E-state index in [1.807, 2.05) is 30.3 Å². The van der Waals surface area contributed by atoms with Crippen LogP contribution in [0, 0.1) is 11.7 Å². The Morgan fingerprint density at radius 2 is 1.84 bits per heavy atom. The van der Waals surface area contributed by atoms with E-state index < -0.39 is 0 Å². The average molecular weight is 453 g/mol. The van der Waals surface area contributed by atoms with Gasteiger partial charge in [0.2, 0.25) is 0 Å². The third kappa shape index (κ3) is 5.41. The number of ether oxygens (including phenoxy) is 1. The third-order valence-corrected chi connectivity index (χ3v) is 6.59. The van der Waals surface area contributed by atoms with E-state index in [1.165, 1.54) is 24.2 Å². The Kier molecular flexibility index (Phi) is 7.30. The van der Waals surface area contributed by atoms with Crippen LogP contribution in [0.3, 0.4) is 0 Å². The first kappa shape index (κ1) is 22.6. The van der Waals surface area contributed by atoms with Crippen molar-refractivity contribution < 1.29 is 13.9 Å². The van der Waals surface area contributed by atoms with E-state index in [-0.39, 0.29) is 23.5 Å². The number of rotatable bonds is 6. The molecule has 0 radical (unpaired) electrons. The van der Waals surface area contributed by atoms with E-state index in [9.17, 15) is 9.18 Å². The van der Waals surface area contributed by atoms with Crippen LogP contribution >= 0.6 is 11.8 Å². The summed E-state index contributed by atoms with van der Waals surface area (Å²) in [6, 6.07) is 14.3. The van der Waals surface area contributed by atoms with E-state index in [4.69, 9.17) is 4.74 Å². The third-order valence-electron chi connectivity index (χ3n) is 5.61. The number of amidine groups is 1. The molecule has 2 aliphatic rings. The van der Waals surface area contributed by atoms with Crippen molar-refractivity contribution >= 4 is 34.6 Å². The number of para-hydroxylation sites is 1. The Bertz CT molecular complexity index is 1010. The second-order valence-electron chi connectivity index (χ2n) is 8.70. The number of hydrogen-bond acceptors (Lipinski definition) is 4. The number of benzene rings is 2. The van der Waals surface area contributed by atoms with Crippen LogP contribution in [0.2, 0.25) is 0 Å². The zero-order chi connectivity index (χ0) is 22.5. The first-order valence-corrected chi connectivity index (χ1v) is 12.1. The summed E-state index contributed by atoms with van der Waals surface area (Å²) in [5.41, 5.74) is 1.19. The lowest BCUT2D eigenvalue weighted by Crippen LogP contribution is -2.40. The summed E-state index contributed by atoms with van der Waals surface area (Å²) >= 11 is 1.33. The minimum absolute atomic E-state index is 0.0443. The molecule has 1 amide bonds. The molecule has 1 heterocycles. The van der Waals surface area contributed by atoms with Gasteiger partial charge in [-0.3, -0.25) is 9.69 Å². The van der Waals surface area contributed by atoms with E-state index >= 15 is 0 Å². The fraction of sp³-hybridized carbons (Fsp3) is 0.385. The second kappa shape index (κ2) is 10.3. The predicted molar refractivity (Wildman–Crippen MR) is 130 cm³/mol. The minimum atomic E-state index is -0.383. The summed E-state index contributed by atoms with van der Waals surface area (Å²) < 4.78 is 20.0. The zero-order valence-corrected chi connectivity index (χ0v) is 19.4. The maximum absolute atomic E-state index is 14.3. The molecule has 4 rings (SSSR count). The van der Waals surface area contributed by atoms with Crippen molar-refractivity contribution in [1.82, 2.24) is 4.90 Å². The number of hydrogen-bond donors (Lipinski definition) is 0. The number of nitrogens with zero attached hydrogens (tertiary/aromatic N) is 2. The zero-order valence-electron chi connectivity index (χ0n) is 18.6. The maximum atomic E-state index is 14.3. The monoisotopic (exact) mass is 452 g/mol. The number of carbonyl (C=O) groups excluding carboxylic acids is 1. The van der Waals surface area contributed by atoms with Crippen LogP contribution in [-0.4, -0.2) is 28.6 Å². The summed E-state index contributed by atoms with van der Waals surface area (Å²) in [6.07, 6.45) is 7.19. The van der Waals surface area contributed by atoms with Crippen LogP contribution in [0.4, 0.5) is 10.1 Å². The van der Waals surface area contributed by atoms with Crippen molar-refractivity contribution in [2.24, 2.45) is 10.9 Å². The van der Waals surface area contributed by atoms with Crippen LogP contribution in [0.25, 0.3) is 6.08 Å². The highest BCUT2D eigenvalue weighted by atomic mass is 32.2. The summed E-state index contributed by atoms with van der Waals surface area (Å²) in [5.74, 6) is 0.849. The first-order chi connectivity index (χ1) is 15.5. The average Bonchev–Trinajstić information content (AvgIpc) is 3.10. The minimum Gasteiger partial charge on any atom is -0.493 e. The van der Waals surface area contributed by atoms with Crippen LogP contribution in [-0.2, 0) is 4.79 Å². The molecular weight excluding hydrogens is 423 g/mol. The van der Waals surface area contributed by atoms with E-state index in [0.29, 0.717) is 22.6 Å². The molecule has 2 fully saturated rings. The molecule has 1 aliphatic carbocycles. The molecule has 0 atom stereocenters. The van der Waals surface area contributed by atoms with Gasteiger partial charge in [-0.2, -0.15) is 0 Å². The van der Waals surface area contributed by atoms with E-state index in [0.717, 1.165) is 37.0 Å². The van der Waals surface area contributed by atoms with E-state index in [1.54, 1.807) is 23.1 Å². The largest absolute Gasteiger partial charge is 0.493 e. The van der Waals surface area contributed by atoms with Crippen molar-refractivity contribution in [3.63, 3.8) is 0 Å². The Morgan fingerprint density at radius 1 is 1.12 bits per heavy atom. The Hall–Kier alpha value is -2.60. The number of amides is 1. The van der Waals surface area contributed by atoms with Gasteiger partial charge < -0.3 is 4.74 Å². The fourth-order valence-electron chi connectivity index (χ4n) is 3.95. The second-order valence-corrected chi connectivity index (χ2v) is 9.71. The quantitative estimate of drug-likeness (QED) is 0.453. The highest BCUT2D eigenvalue weighted by Gasteiger charge is 2.38. The number of carbonyl (C=O) groups is 1. The van der Waals surface area contributed by atoms with Crippen molar-refractivity contribution in [3.05, 3.63) is 64.8 Å². The molecule has 4 nitrogen and oxygen atoms in total. The number of thioether (sulfide) groups is 1. The van der Waals surface area contributed by atoms with Gasteiger partial charge in [0.25, 0.3) is 5.91 Å². The van der Waals surface area contributed by atoms with Gasteiger partial charge in [0, 0.05) is 6.04 Å². The molecule has 0 bridgehead atoms. The number of halogens is 1. The molecule has 1 saturated heterocycles. The Labute approximate surface area is 193 Å². The predicted octanol–water partition coefficient (Wildman–Crippen LogP) is 6.80. The van der Waals surface area contributed by atoms with Gasteiger partial charge in [-0.25, -0.2) is 9.38 Å². The fourth-order valence-corrected chi connectivity index (χ4v) is 5.00. The van der Waals surface area contributed by atoms with Crippen LogP contribution in [0.15, 0.2) is 58.4 Å². The van der Waals surface area contributed by atoms with Gasteiger partial charge in [0.15, 0.2) is 5.17 Å². The SMILES string of the molecule is CC(C)COc1ccc(/C=C2\SC(=Nc3ccccc3F)N(C3CCCCC3)C2=O)cc1. The molecule has 0 spiro atoms. The lowest BCUT2D eigenvalue weighted by Gasteiger charge is -2.30. The smallest absolute Gasteiger partial charge is 0.267 e. The van der Waals surface area contributed by atoms with Crippen molar-refractivity contribution in [2.45, 2.75) is 52.0 Å². The topological polar surface area (TPSA) is 41.9 Å². The molecule has 0 unspecified atom stereocenters. The van der Waals surface area contributed by atoms with E-state index in [2.05, 4.69) is 18.8 Å². The van der Waals surface area contributed by atoms with Crippen LogP contribution in [0.1, 0.15) is 51.5 Å². The highest BCUT2D eigenvalue weighted by molar-refractivity contribution is 8.18. The molecule has 168 valence electrons. The standard InChI is InChI=1S/C26H29FN2O2S/c1-18(2)17-31-21-14-12-19(13-15-21)16-24-25(30)29(20-8-4-3-5-9-20)26(32-24)28-23-11-7-6-10-22(23)27/h6-7,10-16,18,20H,3-5,8-9,17H2,1-2H3/b24-16-,28-26?. The highest BCUT2D eigenvalue weighted by Crippen LogP contribution is 2.38. The molecule has 0 aromatic heterocycles. The van der Waals surface area contributed by atoms with Gasteiger partial charge in [-0.1, -0.05) is 57.4 Å². The van der Waals surface area contributed by atoms with Crippen LogP contribution < -0.4 is 4.74 Å². The summed E-state index contributed by atoms with van der Waals surface area (Å²) in [5, 5.41) is 0.565. The summed E-state index contributed by atoms with van der Waals surface area (Å²) in [6.45, 7) is 4.89. The summed E-state index contributed by atoms with van der Waals surface area (Å²) in [4.78, 5) is 20.3. The Balaban J connectivity index is 1.60. The molecule has 2 aromatic rings. The lowest BCUT2D eigenvalue weighted by molar-refractivity contribution is -0.124. The van der Waals surface area contributed by atoms with Crippen molar-refractivity contribution in [3.8, 4) is 5.75 Å². The molecule has 0 N–H and O–H groups in total. The van der Waals surface area contributed by atoms with Gasteiger partial charge in [-0.05, 0) is 66.4 Å². The van der Waals surface area contributed by atoms with Crippen molar-refractivity contribution in [2.75, 3.05) is 6.61 Å². The molecule has 32 heavy (non-hydrogen) atoms. The molecule has 2 aromatic carbocycles. The van der Waals surface area contributed by atoms with Gasteiger partial charge in [0.1, 0.15) is 17.3 Å². The molecule has 1 aliphatic heterocycles.